The molecule has 2 aromatic rings. The van der Waals surface area contributed by atoms with Gasteiger partial charge in [0.1, 0.15) is 0 Å². The third-order valence-electron chi connectivity index (χ3n) is 3.63. The maximum Gasteiger partial charge on any atom is 0.0817 e. The summed E-state index contributed by atoms with van der Waals surface area (Å²) in [6, 6.07) is 13.8. The molecule has 0 saturated carbocycles. The van der Waals surface area contributed by atoms with E-state index in [1.807, 2.05) is 12.3 Å². The molecule has 2 aromatic carbocycles. The summed E-state index contributed by atoms with van der Waals surface area (Å²) in [5.74, 6) is 0. The fourth-order valence-corrected chi connectivity index (χ4v) is 2.93. The summed E-state index contributed by atoms with van der Waals surface area (Å²) in [5, 5.41) is 1.18. The monoisotopic (exact) mass is 318 g/mol. The SMILES string of the molecule is Clc1ccc(N=Cc2ccc(N3CCCC3)cc2)c(Cl)c1. The van der Waals surface area contributed by atoms with Gasteiger partial charge in [-0.25, -0.2) is 0 Å². The number of halogens is 2. The first-order valence-electron chi connectivity index (χ1n) is 7.06. The number of aliphatic imine (C=N–C) groups is 1. The lowest BCUT2D eigenvalue weighted by atomic mass is 10.2. The maximum absolute atomic E-state index is 6.10. The first-order chi connectivity index (χ1) is 10.2. The van der Waals surface area contributed by atoms with Gasteiger partial charge in [0.05, 0.1) is 10.7 Å². The van der Waals surface area contributed by atoms with Crippen LogP contribution in [0.1, 0.15) is 18.4 Å². The summed E-state index contributed by atoms with van der Waals surface area (Å²) >= 11 is 12.0. The molecule has 2 nitrogen and oxygen atoms in total. The van der Waals surface area contributed by atoms with E-state index in [1.54, 1.807) is 12.1 Å². The highest BCUT2D eigenvalue weighted by Gasteiger charge is 2.11. The van der Waals surface area contributed by atoms with Crippen LogP contribution in [0.4, 0.5) is 11.4 Å². The first-order valence-corrected chi connectivity index (χ1v) is 7.82. The minimum Gasteiger partial charge on any atom is -0.372 e. The van der Waals surface area contributed by atoms with Crippen LogP contribution in [0.25, 0.3) is 0 Å². The lowest BCUT2D eigenvalue weighted by molar-refractivity contribution is 0.949. The van der Waals surface area contributed by atoms with Gasteiger partial charge in [0, 0.05) is 30.0 Å². The second kappa shape index (κ2) is 6.50. The van der Waals surface area contributed by atoms with Crippen LogP contribution >= 0.6 is 23.2 Å². The normalized spacial score (nSPS) is 15.0. The van der Waals surface area contributed by atoms with Gasteiger partial charge >= 0.3 is 0 Å². The van der Waals surface area contributed by atoms with Gasteiger partial charge in [0.2, 0.25) is 0 Å². The van der Waals surface area contributed by atoms with Crippen molar-refractivity contribution in [2.75, 3.05) is 18.0 Å². The number of nitrogens with zero attached hydrogens (tertiary/aromatic N) is 2. The Morgan fingerprint density at radius 2 is 1.67 bits per heavy atom. The fraction of sp³-hybridized carbons (Fsp3) is 0.235. The molecule has 1 heterocycles. The second-order valence-electron chi connectivity index (χ2n) is 5.14. The molecule has 0 radical (unpaired) electrons. The zero-order valence-electron chi connectivity index (χ0n) is 11.6. The van der Waals surface area contributed by atoms with E-state index in [4.69, 9.17) is 23.2 Å². The molecule has 1 aliphatic rings. The Balaban J connectivity index is 1.73. The van der Waals surface area contributed by atoms with Crippen molar-refractivity contribution in [3.05, 3.63) is 58.1 Å². The zero-order valence-corrected chi connectivity index (χ0v) is 13.1. The lowest BCUT2D eigenvalue weighted by Crippen LogP contribution is -2.17. The third kappa shape index (κ3) is 3.58. The van der Waals surface area contributed by atoms with E-state index >= 15 is 0 Å². The van der Waals surface area contributed by atoms with Crippen LogP contribution in [0.3, 0.4) is 0 Å². The van der Waals surface area contributed by atoms with Crippen molar-refractivity contribution in [1.29, 1.82) is 0 Å². The molecule has 0 aromatic heterocycles. The third-order valence-corrected chi connectivity index (χ3v) is 4.16. The largest absolute Gasteiger partial charge is 0.372 e. The maximum atomic E-state index is 6.10. The zero-order chi connectivity index (χ0) is 14.7. The smallest absolute Gasteiger partial charge is 0.0817 e. The van der Waals surface area contributed by atoms with E-state index in [9.17, 15) is 0 Å². The van der Waals surface area contributed by atoms with Gasteiger partial charge in [0.15, 0.2) is 0 Å². The molecule has 108 valence electrons. The van der Waals surface area contributed by atoms with Crippen LogP contribution in [0.5, 0.6) is 0 Å². The highest BCUT2D eigenvalue weighted by atomic mass is 35.5. The van der Waals surface area contributed by atoms with E-state index < -0.39 is 0 Å². The van der Waals surface area contributed by atoms with Crippen molar-refractivity contribution in [3.8, 4) is 0 Å². The van der Waals surface area contributed by atoms with Gasteiger partial charge in [-0.3, -0.25) is 4.99 Å². The molecule has 0 amide bonds. The number of hydrogen-bond donors (Lipinski definition) is 0. The number of hydrogen-bond acceptors (Lipinski definition) is 2. The quantitative estimate of drug-likeness (QED) is 0.697. The molecule has 3 rings (SSSR count). The highest BCUT2D eigenvalue weighted by Crippen LogP contribution is 2.28. The van der Waals surface area contributed by atoms with E-state index in [2.05, 4.69) is 34.2 Å². The highest BCUT2D eigenvalue weighted by molar-refractivity contribution is 6.36. The van der Waals surface area contributed by atoms with E-state index in [-0.39, 0.29) is 0 Å². The predicted octanol–water partition coefficient (Wildman–Crippen LogP) is 5.34. The molecule has 0 bridgehead atoms. The van der Waals surface area contributed by atoms with Gasteiger partial charge < -0.3 is 4.90 Å². The van der Waals surface area contributed by atoms with Gasteiger partial charge in [-0.05, 0) is 48.7 Å². The summed E-state index contributed by atoms with van der Waals surface area (Å²) in [6.07, 6.45) is 4.40. The van der Waals surface area contributed by atoms with Gasteiger partial charge in [-0.1, -0.05) is 35.3 Å². The molecule has 0 atom stereocenters. The summed E-state index contributed by atoms with van der Waals surface area (Å²) in [6.45, 7) is 2.32. The van der Waals surface area contributed by atoms with Crippen LogP contribution in [0, 0.1) is 0 Å². The molecule has 0 N–H and O–H groups in total. The second-order valence-corrected chi connectivity index (χ2v) is 5.98. The van der Waals surface area contributed by atoms with E-state index in [1.165, 1.54) is 18.5 Å². The first kappa shape index (κ1) is 14.4. The number of anilines is 1. The van der Waals surface area contributed by atoms with Crippen molar-refractivity contribution >= 4 is 40.8 Å². The Morgan fingerprint density at radius 3 is 2.33 bits per heavy atom. The van der Waals surface area contributed by atoms with Crippen LogP contribution in [-0.2, 0) is 0 Å². The topological polar surface area (TPSA) is 15.6 Å². The molecular weight excluding hydrogens is 303 g/mol. The molecule has 21 heavy (non-hydrogen) atoms. The summed E-state index contributed by atoms with van der Waals surface area (Å²) < 4.78 is 0. The van der Waals surface area contributed by atoms with Crippen LogP contribution in [0.2, 0.25) is 10.0 Å². The minimum absolute atomic E-state index is 0.562. The van der Waals surface area contributed by atoms with Crippen LogP contribution < -0.4 is 4.90 Å². The standard InChI is InChI=1S/C17H16Cl2N2/c18-14-5-8-17(16(19)11-14)20-12-13-3-6-15(7-4-13)21-9-1-2-10-21/h3-8,11-12H,1-2,9-10H2. The molecule has 4 heteroatoms. The number of rotatable bonds is 3. The average Bonchev–Trinajstić information content (AvgIpc) is 3.01. The van der Waals surface area contributed by atoms with Gasteiger partial charge in [0.25, 0.3) is 0 Å². The Bertz CT molecular complexity index is 644. The average molecular weight is 319 g/mol. The van der Waals surface area contributed by atoms with E-state index in [0.717, 1.165) is 24.3 Å². The van der Waals surface area contributed by atoms with Crippen molar-refractivity contribution in [2.24, 2.45) is 4.99 Å². The Labute approximate surface area is 135 Å². The predicted molar refractivity (Wildman–Crippen MR) is 91.6 cm³/mol. The summed E-state index contributed by atoms with van der Waals surface area (Å²) in [5.41, 5.74) is 3.07. The van der Waals surface area contributed by atoms with Crippen molar-refractivity contribution < 1.29 is 0 Å². The number of benzene rings is 2. The van der Waals surface area contributed by atoms with Crippen molar-refractivity contribution in [3.63, 3.8) is 0 Å². The molecule has 0 aliphatic carbocycles. The lowest BCUT2D eigenvalue weighted by Gasteiger charge is -2.17. The Hall–Kier alpha value is -1.51. The molecule has 1 saturated heterocycles. The molecule has 1 aliphatic heterocycles. The van der Waals surface area contributed by atoms with E-state index in [0.29, 0.717) is 10.0 Å². The van der Waals surface area contributed by atoms with Gasteiger partial charge in [-0.15, -0.1) is 0 Å². The van der Waals surface area contributed by atoms with Crippen LogP contribution in [-0.4, -0.2) is 19.3 Å². The molecule has 1 fully saturated rings. The minimum atomic E-state index is 0.562. The molecule has 0 spiro atoms. The fourth-order valence-electron chi connectivity index (χ4n) is 2.48. The van der Waals surface area contributed by atoms with Crippen molar-refractivity contribution in [1.82, 2.24) is 0 Å². The molecule has 0 unspecified atom stereocenters. The Morgan fingerprint density at radius 1 is 0.952 bits per heavy atom. The molecular formula is C17H16Cl2N2. The van der Waals surface area contributed by atoms with Crippen molar-refractivity contribution in [2.45, 2.75) is 12.8 Å². The summed E-state index contributed by atoms with van der Waals surface area (Å²) in [7, 11) is 0. The Kier molecular flexibility index (Phi) is 4.47. The van der Waals surface area contributed by atoms with Crippen LogP contribution in [0.15, 0.2) is 47.5 Å². The van der Waals surface area contributed by atoms with Gasteiger partial charge in [-0.2, -0.15) is 0 Å². The summed E-state index contributed by atoms with van der Waals surface area (Å²) in [4.78, 5) is 6.83.